The minimum absolute atomic E-state index is 0.327. The van der Waals surface area contributed by atoms with Gasteiger partial charge >= 0.3 is 0 Å². The lowest BCUT2D eigenvalue weighted by Crippen LogP contribution is -2.37. The van der Waals surface area contributed by atoms with Gasteiger partial charge in [-0.05, 0) is 24.3 Å². The number of rotatable bonds is 8. The van der Waals surface area contributed by atoms with Crippen molar-refractivity contribution in [2.24, 2.45) is 0 Å². The van der Waals surface area contributed by atoms with Crippen molar-refractivity contribution in [2.45, 2.75) is 0 Å². The van der Waals surface area contributed by atoms with Gasteiger partial charge in [0, 0.05) is 0 Å². The number of nitrogens with zero attached hydrogens (tertiary/aromatic N) is 2. The molecule has 0 radical (unpaired) electrons. The quantitative estimate of drug-likeness (QED) is 0.550. The highest BCUT2D eigenvalue weighted by Gasteiger charge is 2.18. The predicted molar refractivity (Wildman–Crippen MR) is 89.8 cm³/mol. The first-order valence-electron chi connectivity index (χ1n) is 7.14. The van der Waals surface area contributed by atoms with E-state index in [0.29, 0.717) is 18.2 Å². The summed E-state index contributed by atoms with van der Waals surface area (Å²) in [6, 6.07) is 15.2. The first kappa shape index (κ1) is 16.9. The normalized spacial score (nSPS) is 10.3. The Balaban J connectivity index is 2.28. The van der Waals surface area contributed by atoms with Crippen LogP contribution in [0, 0.1) is 0 Å². The van der Waals surface area contributed by atoms with Crippen LogP contribution in [0.3, 0.4) is 0 Å². The fraction of sp³-hybridized carbons (Fsp3) is 0.294. The van der Waals surface area contributed by atoms with E-state index < -0.39 is 0 Å². The minimum Gasteiger partial charge on any atom is -0.494 e. The molecule has 0 atom stereocenters. The van der Waals surface area contributed by atoms with Crippen molar-refractivity contribution in [1.29, 1.82) is 0 Å². The lowest BCUT2D eigenvalue weighted by atomic mass is 10.3. The number of anilines is 2. The second-order valence-electron chi connectivity index (χ2n) is 4.61. The zero-order valence-corrected chi connectivity index (χ0v) is 13.9. The summed E-state index contributed by atoms with van der Waals surface area (Å²) >= 11 is 0. The van der Waals surface area contributed by atoms with Crippen molar-refractivity contribution in [3.63, 3.8) is 0 Å². The Kier molecular flexibility index (Phi) is 6.08. The van der Waals surface area contributed by atoms with E-state index in [4.69, 9.17) is 19.1 Å². The third-order valence-corrected chi connectivity index (χ3v) is 3.41. The van der Waals surface area contributed by atoms with Gasteiger partial charge in [0.15, 0.2) is 0 Å². The van der Waals surface area contributed by atoms with Gasteiger partial charge < -0.3 is 9.47 Å². The topological polar surface area (TPSA) is 43.4 Å². The highest BCUT2D eigenvalue weighted by molar-refractivity contribution is 5.60. The molecule has 0 heterocycles. The molecule has 0 fully saturated rings. The van der Waals surface area contributed by atoms with Crippen LogP contribution in [0.2, 0.25) is 0 Å². The molecule has 0 spiro atoms. The van der Waals surface area contributed by atoms with Crippen LogP contribution in [0.4, 0.5) is 11.4 Å². The van der Waals surface area contributed by atoms with Crippen LogP contribution in [-0.2, 0) is 9.68 Å². The van der Waals surface area contributed by atoms with Crippen LogP contribution in [0.15, 0.2) is 48.5 Å². The second kappa shape index (κ2) is 8.26. The summed E-state index contributed by atoms with van der Waals surface area (Å²) in [7, 11) is 6.45. The van der Waals surface area contributed by atoms with Crippen LogP contribution < -0.4 is 19.6 Å². The molecule has 0 aliphatic carbocycles. The first-order chi connectivity index (χ1) is 11.2. The molecule has 0 bridgehead atoms. The monoisotopic (exact) mass is 318 g/mol. The van der Waals surface area contributed by atoms with E-state index in [1.807, 2.05) is 48.5 Å². The summed E-state index contributed by atoms with van der Waals surface area (Å²) in [5.74, 6) is 1.43. The van der Waals surface area contributed by atoms with Gasteiger partial charge in [0.1, 0.15) is 29.5 Å². The van der Waals surface area contributed by atoms with E-state index in [1.165, 1.54) is 0 Å². The van der Waals surface area contributed by atoms with E-state index >= 15 is 0 Å². The maximum absolute atomic E-state index is 5.50. The van der Waals surface area contributed by atoms with Crippen molar-refractivity contribution in [2.75, 3.05) is 45.2 Å². The van der Waals surface area contributed by atoms with Crippen molar-refractivity contribution in [3.8, 4) is 11.5 Å². The second-order valence-corrected chi connectivity index (χ2v) is 4.61. The summed E-state index contributed by atoms with van der Waals surface area (Å²) in [5, 5.41) is 3.35. The van der Waals surface area contributed by atoms with Crippen LogP contribution in [0.1, 0.15) is 0 Å². The number of ether oxygens (including phenoxy) is 2. The number of para-hydroxylation sites is 4. The average molecular weight is 318 g/mol. The minimum atomic E-state index is 0.327. The Bertz CT molecular complexity index is 568. The smallest absolute Gasteiger partial charge is 0.144 e. The van der Waals surface area contributed by atoms with E-state index in [0.717, 1.165) is 11.4 Å². The largest absolute Gasteiger partial charge is 0.494 e. The number of hydrogen-bond acceptors (Lipinski definition) is 6. The SMILES string of the molecule is COc1ccccc1N(CN(OC)c1ccccc1OC)OC. The molecule has 0 aliphatic rings. The molecule has 2 aromatic rings. The van der Waals surface area contributed by atoms with Gasteiger partial charge in [-0.15, -0.1) is 0 Å². The van der Waals surface area contributed by atoms with Crippen LogP contribution in [0.25, 0.3) is 0 Å². The molecule has 0 unspecified atom stereocenters. The van der Waals surface area contributed by atoms with Crippen molar-refractivity contribution < 1.29 is 19.1 Å². The molecular formula is C17H22N2O4. The zero-order chi connectivity index (χ0) is 16.7. The predicted octanol–water partition coefficient (Wildman–Crippen LogP) is 3.10. The maximum Gasteiger partial charge on any atom is 0.144 e. The summed E-state index contributed by atoms with van der Waals surface area (Å²) in [4.78, 5) is 11.0. The third kappa shape index (κ3) is 3.85. The standard InChI is InChI=1S/C17H22N2O4/c1-20-16-11-7-5-9-14(16)18(22-3)13-19(23-4)15-10-6-8-12-17(15)21-2/h5-12H,13H2,1-4H3. The lowest BCUT2D eigenvalue weighted by Gasteiger charge is -2.31. The molecular weight excluding hydrogens is 296 g/mol. The van der Waals surface area contributed by atoms with E-state index in [9.17, 15) is 0 Å². The van der Waals surface area contributed by atoms with Gasteiger partial charge in [-0.3, -0.25) is 9.68 Å². The van der Waals surface area contributed by atoms with Crippen molar-refractivity contribution in [3.05, 3.63) is 48.5 Å². The number of hydrogen-bond donors (Lipinski definition) is 0. The van der Waals surface area contributed by atoms with E-state index in [2.05, 4.69) is 0 Å². The Hall–Kier alpha value is -2.44. The fourth-order valence-electron chi connectivity index (χ4n) is 2.25. The van der Waals surface area contributed by atoms with Crippen molar-refractivity contribution >= 4 is 11.4 Å². The summed E-state index contributed by atoms with van der Waals surface area (Å²) < 4.78 is 10.8. The van der Waals surface area contributed by atoms with Gasteiger partial charge in [-0.1, -0.05) is 24.3 Å². The zero-order valence-electron chi connectivity index (χ0n) is 13.9. The van der Waals surface area contributed by atoms with Gasteiger partial charge in [-0.2, -0.15) is 0 Å². The molecule has 6 heteroatoms. The highest BCUT2D eigenvalue weighted by atomic mass is 16.7. The molecule has 0 aromatic heterocycles. The third-order valence-electron chi connectivity index (χ3n) is 3.41. The summed E-state index contributed by atoms with van der Waals surface area (Å²) in [6.45, 7) is 0.327. The van der Waals surface area contributed by atoms with Gasteiger partial charge in [0.25, 0.3) is 0 Å². The molecule has 2 rings (SSSR count). The number of benzene rings is 2. The van der Waals surface area contributed by atoms with Gasteiger partial charge in [0.2, 0.25) is 0 Å². The molecule has 124 valence electrons. The number of methoxy groups -OCH3 is 2. The molecule has 23 heavy (non-hydrogen) atoms. The van der Waals surface area contributed by atoms with Gasteiger partial charge in [-0.25, -0.2) is 10.1 Å². The van der Waals surface area contributed by atoms with Crippen LogP contribution in [-0.4, -0.2) is 35.1 Å². The molecule has 0 amide bonds. The lowest BCUT2D eigenvalue weighted by molar-refractivity contribution is 0.107. The molecule has 2 aromatic carbocycles. The van der Waals surface area contributed by atoms with Gasteiger partial charge in [0.05, 0.1) is 28.4 Å². The Morgan fingerprint density at radius 2 is 1.04 bits per heavy atom. The molecule has 0 aliphatic heterocycles. The first-order valence-corrected chi connectivity index (χ1v) is 7.14. The molecule has 0 saturated carbocycles. The molecule has 6 nitrogen and oxygen atoms in total. The average Bonchev–Trinajstić information content (AvgIpc) is 2.63. The van der Waals surface area contributed by atoms with Crippen LogP contribution in [0.5, 0.6) is 11.5 Å². The Morgan fingerprint density at radius 3 is 1.39 bits per heavy atom. The molecule has 0 N–H and O–H groups in total. The number of hydroxylamine groups is 2. The summed E-state index contributed by atoms with van der Waals surface area (Å²) in [6.07, 6.45) is 0. The summed E-state index contributed by atoms with van der Waals surface area (Å²) in [5.41, 5.74) is 1.60. The van der Waals surface area contributed by atoms with Crippen LogP contribution >= 0.6 is 0 Å². The highest BCUT2D eigenvalue weighted by Crippen LogP contribution is 2.31. The molecule has 0 saturated heterocycles. The fourth-order valence-corrected chi connectivity index (χ4v) is 2.25. The van der Waals surface area contributed by atoms with E-state index in [1.54, 1.807) is 38.6 Å². The van der Waals surface area contributed by atoms with E-state index in [-0.39, 0.29) is 0 Å². The Labute approximate surface area is 136 Å². The maximum atomic E-state index is 5.50. The van der Waals surface area contributed by atoms with Crippen molar-refractivity contribution in [1.82, 2.24) is 0 Å². The Morgan fingerprint density at radius 1 is 0.652 bits per heavy atom.